The molecule has 0 bridgehead atoms. The molecule has 1 atom stereocenters. The zero-order valence-corrected chi connectivity index (χ0v) is 6.99. The summed E-state index contributed by atoms with van der Waals surface area (Å²) in [6.45, 7) is 0.922. The third-order valence-corrected chi connectivity index (χ3v) is 2.36. The van der Waals surface area contributed by atoms with Crippen molar-refractivity contribution in [3.8, 4) is 17.2 Å². The Morgan fingerprint density at radius 3 is 2.38 bits per heavy atom. The number of nitrogens with one attached hydrogen (secondary N) is 1. The van der Waals surface area contributed by atoms with Gasteiger partial charge in [0, 0.05) is 11.6 Å². The minimum absolute atomic E-state index is 0.103. The van der Waals surface area contributed by atoms with Gasteiger partial charge < -0.3 is 20.6 Å². The van der Waals surface area contributed by atoms with Gasteiger partial charge in [-0.2, -0.15) is 0 Å². The van der Waals surface area contributed by atoms with Crippen molar-refractivity contribution in [2.75, 3.05) is 6.54 Å². The fraction of sp³-hybridized carbons (Fsp3) is 0.333. The fourth-order valence-corrected chi connectivity index (χ4v) is 1.42. The average molecular weight is 181 g/mol. The van der Waals surface area contributed by atoms with E-state index >= 15 is 0 Å². The standard InChI is InChI=1S/C9H11NO3/c11-7-2-1-5(6-3-4-10-6)8(12)9(7)13/h1-2,6,10-13H,3-4H2/t6-/m1/s1. The van der Waals surface area contributed by atoms with E-state index < -0.39 is 5.75 Å². The number of aromatic hydroxyl groups is 3. The molecule has 0 aromatic heterocycles. The SMILES string of the molecule is Oc1ccc([C@H]2CCN2)c(O)c1O. The van der Waals surface area contributed by atoms with Gasteiger partial charge in [-0.3, -0.25) is 0 Å². The van der Waals surface area contributed by atoms with Crippen molar-refractivity contribution in [1.29, 1.82) is 0 Å². The number of phenolic OH excluding ortho intramolecular Hbond substituents is 3. The molecule has 1 fully saturated rings. The topological polar surface area (TPSA) is 72.7 Å². The van der Waals surface area contributed by atoms with Gasteiger partial charge in [-0.25, -0.2) is 0 Å². The van der Waals surface area contributed by atoms with Gasteiger partial charge in [-0.15, -0.1) is 0 Å². The van der Waals surface area contributed by atoms with Gasteiger partial charge in [0.2, 0.25) is 5.75 Å². The quantitative estimate of drug-likeness (QED) is 0.484. The molecular weight excluding hydrogens is 170 g/mol. The van der Waals surface area contributed by atoms with Crippen molar-refractivity contribution >= 4 is 0 Å². The first kappa shape index (κ1) is 8.19. The first-order valence-corrected chi connectivity index (χ1v) is 4.17. The Hall–Kier alpha value is -1.42. The lowest BCUT2D eigenvalue weighted by Crippen LogP contribution is -2.34. The fourth-order valence-electron chi connectivity index (χ4n) is 1.42. The van der Waals surface area contributed by atoms with Gasteiger partial charge >= 0.3 is 0 Å². The summed E-state index contributed by atoms with van der Waals surface area (Å²) in [5, 5.41) is 30.9. The maximum atomic E-state index is 9.46. The van der Waals surface area contributed by atoms with Crippen LogP contribution in [0.1, 0.15) is 18.0 Å². The van der Waals surface area contributed by atoms with Crippen molar-refractivity contribution in [2.45, 2.75) is 12.5 Å². The Bertz CT molecular complexity index is 334. The van der Waals surface area contributed by atoms with E-state index in [2.05, 4.69) is 5.32 Å². The second-order valence-corrected chi connectivity index (χ2v) is 3.17. The molecule has 70 valence electrons. The second kappa shape index (κ2) is 2.81. The molecule has 0 radical (unpaired) electrons. The molecule has 0 amide bonds. The molecular formula is C9H11NO3. The number of benzene rings is 1. The maximum absolute atomic E-state index is 9.46. The summed E-state index contributed by atoms with van der Waals surface area (Å²) in [6.07, 6.45) is 0.942. The van der Waals surface area contributed by atoms with Crippen LogP contribution in [0.15, 0.2) is 12.1 Å². The van der Waals surface area contributed by atoms with Crippen LogP contribution in [0.5, 0.6) is 17.2 Å². The van der Waals surface area contributed by atoms with Gasteiger partial charge in [0.05, 0.1) is 0 Å². The van der Waals surface area contributed by atoms with Gasteiger partial charge in [-0.1, -0.05) is 0 Å². The largest absolute Gasteiger partial charge is 0.504 e. The molecule has 4 N–H and O–H groups in total. The summed E-state index contributed by atoms with van der Waals surface area (Å²) in [7, 11) is 0. The first-order chi connectivity index (χ1) is 6.20. The molecule has 0 aliphatic carbocycles. The maximum Gasteiger partial charge on any atom is 0.200 e. The van der Waals surface area contributed by atoms with E-state index in [0.29, 0.717) is 5.56 Å². The van der Waals surface area contributed by atoms with Crippen LogP contribution < -0.4 is 5.32 Å². The lowest BCUT2D eigenvalue weighted by molar-refractivity contribution is 0.338. The van der Waals surface area contributed by atoms with Gasteiger partial charge in [-0.05, 0) is 25.1 Å². The normalized spacial score (nSPS) is 21.1. The third-order valence-electron chi connectivity index (χ3n) is 2.36. The monoisotopic (exact) mass is 181 g/mol. The summed E-state index contributed by atoms with van der Waals surface area (Å²) < 4.78 is 0. The lowest BCUT2D eigenvalue weighted by atomic mass is 9.96. The van der Waals surface area contributed by atoms with Crippen molar-refractivity contribution < 1.29 is 15.3 Å². The van der Waals surface area contributed by atoms with Gasteiger partial charge in [0.1, 0.15) is 0 Å². The number of hydrogen-bond donors (Lipinski definition) is 4. The van der Waals surface area contributed by atoms with E-state index in [9.17, 15) is 10.2 Å². The predicted molar refractivity (Wildman–Crippen MR) is 46.8 cm³/mol. The van der Waals surface area contributed by atoms with E-state index in [1.165, 1.54) is 6.07 Å². The molecule has 0 saturated carbocycles. The van der Waals surface area contributed by atoms with Crippen LogP contribution in [-0.4, -0.2) is 21.9 Å². The minimum atomic E-state index is -0.439. The highest BCUT2D eigenvalue weighted by Gasteiger charge is 2.23. The Morgan fingerprint density at radius 1 is 1.15 bits per heavy atom. The summed E-state index contributed by atoms with van der Waals surface area (Å²) in [5.74, 6) is -0.955. The van der Waals surface area contributed by atoms with E-state index in [1.807, 2.05) is 0 Å². The smallest absolute Gasteiger partial charge is 0.200 e. The molecule has 1 saturated heterocycles. The number of hydrogen-bond acceptors (Lipinski definition) is 4. The Morgan fingerprint density at radius 2 is 1.85 bits per heavy atom. The second-order valence-electron chi connectivity index (χ2n) is 3.17. The minimum Gasteiger partial charge on any atom is -0.504 e. The summed E-state index contributed by atoms with van der Waals surface area (Å²) in [5.41, 5.74) is 0.640. The van der Waals surface area contributed by atoms with Crippen LogP contribution in [0.3, 0.4) is 0 Å². The van der Waals surface area contributed by atoms with Crippen LogP contribution in [0.2, 0.25) is 0 Å². The highest BCUT2D eigenvalue weighted by atomic mass is 16.3. The van der Waals surface area contributed by atoms with Gasteiger partial charge in [0.15, 0.2) is 11.5 Å². The molecule has 1 aromatic carbocycles. The first-order valence-electron chi connectivity index (χ1n) is 4.17. The molecule has 1 aliphatic rings. The van der Waals surface area contributed by atoms with Crippen LogP contribution in [0.4, 0.5) is 0 Å². The molecule has 1 aliphatic heterocycles. The van der Waals surface area contributed by atoms with Gasteiger partial charge in [0.25, 0.3) is 0 Å². The van der Waals surface area contributed by atoms with Crippen molar-refractivity contribution in [3.63, 3.8) is 0 Å². The molecule has 4 nitrogen and oxygen atoms in total. The summed E-state index contributed by atoms with van der Waals surface area (Å²) in [6, 6.07) is 3.09. The molecule has 0 unspecified atom stereocenters. The summed E-state index contributed by atoms with van der Waals surface area (Å²) >= 11 is 0. The number of rotatable bonds is 1. The van der Waals surface area contributed by atoms with Crippen molar-refractivity contribution in [3.05, 3.63) is 17.7 Å². The Balaban J connectivity index is 2.41. The average Bonchev–Trinajstić information content (AvgIpc) is 2.03. The Kier molecular flexibility index (Phi) is 1.77. The molecule has 1 heterocycles. The molecule has 2 rings (SSSR count). The van der Waals surface area contributed by atoms with Crippen LogP contribution in [0, 0.1) is 0 Å². The lowest BCUT2D eigenvalue weighted by Gasteiger charge is -2.28. The summed E-state index contributed by atoms with van der Waals surface area (Å²) in [4.78, 5) is 0. The predicted octanol–water partition coefficient (Wildman–Crippen LogP) is 0.838. The van der Waals surface area contributed by atoms with Crippen LogP contribution in [0.25, 0.3) is 0 Å². The zero-order valence-electron chi connectivity index (χ0n) is 6.99. The molecule has 0 spiro atoms. The molecule has 13 heavy (non-hydrogen) atoms. The third kappa shape index (κ3) is 1.19. The van der Waals surface area contributed by atoms with Crippen LogP contribution in [-0.2, 0) is 0 Å². The molecule has 4 heteroatoms. The van der Waals surface area contributed by atoms with E-state index in [-0.39, 0.29) is 17.5 Å². The van der Waals surface area contributed by atoms with Crippen LogP contribution >= 0.6 is 0 Å². The Labute approximate surface area is 75.5 Å². The van der Waals surface area contributed by atoms with E-state index in [4.69, 9.17) is 5.11 Å². The highest BCUT2D eigenvalue weighted by molar-refractivity contribution is 5.54. The zero-order chi connectivity index (χ0) is 9.42. The van der Waals surface area contributed by atoms with Crippen molar-refractivity contribution in [2.24, 2.45) is 0 Å². The van der Waals surface area contributed by atoms with E-state index in [1.54, 1.807) is 6.07 Å². The molecule has 1 aromatic rings. The van der Waals surface area contributed by atoms with E-state index in [0.717, 1.165) is 13.0 Å². The van der Waals surface area contributed by atoms with Crippen molar-refractivity contribution in [1.82, 2.24) is 5.32 Å². The number of phenols is 3. The highest BCUT2D eigenvalue weighted by Crippen LogP contribution is 2.41.